The number of hydrogen-bond acceptors (Lipinski definition) is 5. The van der Waals surface area contributed by atoms with Gasteiger partial charge in [0.05, 0.1) is 11.7 Å². The van der Waals surface area contributed by atoms with Crippen LogP contribution >= 0.6 is 0 Å². The minimum Gasteiger partial charge on any atom is -0.341 e. The standard InChI is InChI=1S/C35H46N8O3/c1-24-19-25(20-27-22-36-39-32(24)27)21-31(33(44)41-15-9-28(10-16-41)40-13-5-2-6-14-40)38-34(45)42-17-11-29(12-18-42)43-23-26-7-3-4-8-30(26)37-35(43)46/h3-4,7-8,19-20,22,28-29,31H,2,5-6,9-18,21,23H2,1H3,(H,36,39)(H,37,46)(H,38,45). The third kappa shape index (κ3) is 6.42. The van der Waals surface area contributed by atoms with Crippen molar-refractivity contribution in [1.82, 2.24) is 35.1 Å². The van der Waals surface area contributed by atoms with Gasteiger partial charge in [-0.3, -0.25) is 9.89 Å². The summed E-state index contributed by atoms with van der Waals surface area (Å²) >= 11 is 0. The van der Waals surface area contributed by atoms with Gasteiger partial charge in [-0.15, -0.1) is 0 Å². The first kappa shape index (κ1) is 30.5. The number of fused-ring (bicyclic) bond motifs is 2. The second-order valence-corrected chi connectivity index (χ2v) is 13.5. The lowest BCUT2D eigenvalue weighted by Gasteiger charge is -2.42. The van der Waals surface area contributed by atoms with Crippen molar-refractivity contribution in [3.8, 4) is 0 Å². The average Bonchev–Trinajstić information content (AvgIpc) is 3.57. The van der Waals surface area contributed by atoms with Crippen LogP contribution in [0.15, 0.2) is 42.6 Å². The molecule has 0 bridgehead atoms. The molecule has 3 aromatic rings. The van der Waals surface area contributed by atoms with Gasteiger partial charge < -0.3 is 30.2 Å². The molecule has 5 heterocycles. The van der Waals surface area contributed by atoms with E-state index in [9.17, 15) is 14.4 Å². The quantitative estimate of drug-likeness (QED) is 0.373. The normalized spacial score (nSPS) is 20.8. The molecular weight excluding hydrogens is 580 g/mol. The van der Waals surface area contributed by atoms with Crippen LogP contribution < -0.4 is 10.6 Å². The highest BCUT2D eigenvalue weighted by atomic mass is 16.2. The molecule has 2 aromatic carbocycles. The summed E-state index contributed by atoms with van der Waals surface area (Å²) in [5.41, 5.74) is 5.03. The van der Waals surface area contributed by atoms with Crippen molar-refractivity contribution in [3.63, 3.8) is 0 Å². The highest BCUT2D eigenvalue weighted by Gasteiger charge is 2.35. The minimum atomic E-state index is -0.662. The lowest BCUT2D eigenvalue weighted by molar-refractivity contribution is -0.134. The van der Waals surface area contributed by atoms with Crippen LogP contribution in [0.2, 0.25) is 0 Å². The molecule has 4 aliphatic heterocycles. The zero-order chi connectivity index (χ0) is 31.6. The van der Waals surface area contributed by atoms with Crippen LogP contribution in [-0.4, -0.2) is 105 Å². The molecule has 1 unspecified atom stereocenters. The van der Waals surface area contributed by atoms with Gasteiger partial charge in [-0.05, 0) is 87.4 Å². The van der Waals surface area contributed by atoms with Crippen LogP contribution in [0.5, 0.6) is 0 Å². The predicted molar refractivity (Wildman–Crippen MR) is 177 cm³/mol. The van der Waals surface area contributed by atoms with Crippen LogP contribution in [0, 0.1) is 6.92 Å². The maximum atomic E-state index is 14.1. The third-order valence-electron chi connectivity index (χ3n) is 10.6. The molecule has 1 atom stereocenters. The largest absolute Gasteiger partial charge is 0.341 e. The number of nitrogens with one attached hydrogen (secondary N) is 3. The fraction of sp³-hybridized carbons (Fsp3) is 0.543. The smallest absolute Gasteiger partial charge is 0.322 e. The lowest BCUT2D eigenvalue weighted by atomic mass is 9.97. The number of anilines is 1. The van der Waals surface area contributed by atoms with E-state index in [1.54, 1.807) is 11.1 Å². The van der Waals surface area contributed by atoms with Crippen molar-refractivity contribution in [1.29, 1.82) is 0 Å². The van der Waals surface area contributed by atoms with E-state index in [1.165, 1.54) is 32.4 Å². The fourth-order valence-corrected chi connectivity index (χ4v) is 7.96. The number of nitrogens with zero attached hydrogens (tertiary/aromatic N) is 5. The predicted octanol–water partition coefficient (Wildman–Crippen LogP) is 4.48. The van der Waals surface area contributed by atoms with E-state index in [0.717, 1.165) is 59.2 Å². The topological polar surface area (TPSA) is 117 Å². The number of likely N-dealkylation sites (tertiary alicyclic amines) is 3. The van der Waals surface area contributed by atoms with Crippen molar-refractivity contribution in [3.05, 3.63) is 59.3 Å². The first-order valence-corrected chi connectivity index (χ1v) is 17.1. The van der Waals surface area contributed by atoms with Gasteiger partial charge in [0.2, 0.25) is 5.91 Å². The number of piperidine rings is 3. The molecule has 1 aromatic heterocycles. The van der Waals surface area contributed by atoms with Gasteiger partial charge in [-0.1, -0.05) is 30.7 Å². The molecule has 7 rings (SSSR count). The number of hydrogen-bond donors (Lipinski definition) is 3. The lowest BCUT2D eigenvalue weighted by Crippen LogP contribution is -2.57. The second-order valence-electron chi connectivity index (χ2n) is 13.5. The molecule has 0 aliphatic carbocycles. The highest BCUT2D eigenvalue weighted by Crippen LogP contribution is 2.28. The summed E-state index contributed by atoms with van der Waals surface area (Å²) in [6, 6.07) is 11.7. The molecule has 3 saturated heterocycles. The second kappa shape index (κ2) is 13.3. The molecule has 0 radical (unpaired) electrons. The zero-order valence-corrected chi connectivity index (χ0v) is 26.8. The molecule has 46 heavy (non-hydrogen) atoms. The number of aromatic amines is 1. The van der Waals surface area contributed by atoms with Crippen molar-refractivity contribution in [2.75, 3.05) is 44.6 Å². The molecule has 5 amide bonds. The van der Waals surface area contributed by atoms with Crippen molar-refractivity contribution in [2.45, 2.75) is 83.0 Å². The molecule has 3 N–H and O–H groups in total. The highest BCUT2D eigenvalue weighted by molar-refractivity contribution is 5.92. The monoisotopic (exact) mass is 626 g/mol. The zero-order valence-electron chi connectivity index (χ0n) is 26.8. The van der Waals surface area contributed by atoms with E-state index in [-0.39, 0.29) is 24.0 Å². The summed E-state index contributed by atoms with van der Waals surface area (Å²) in [7, 11) is 0. The Balaban J connectivity index is 1.01. The maximum Gasteiger partial charge on any atom is 0.322 e. The Hall–Kier alpha value is -4.12. The number of rotatable bonds is 6. The Morgan fingerprint density at radius 2 is 1.65 bits per heavy atom. The van der Waals surface area contributed by atoms with E-state index in [2.05, 4.69) is 37.9 Å². The van der Waals surface area contributed by atoms with E-state index in [1.807, 2.05) is 41.0 Å². The first-order valence-electron chi connectivity index (χ1n) is 17.1. The van der Waals surface area contributed by atoms with Crippen molar-refractivity contribution >= 4 is 34.6 Å². The molecule has 244 valence electrons. The van der Waals surface area contributed by atoms with Gasteiger partial charge in [0, 0.05) is 62.3 Å². The van der Waals surface area contributed by atoms with E-state index >= 15 is 0 Å². The van der Waals surface area contributed by atoms with E-state index < -0.39 is 6.04 Å². The Kier molecular flexibility index (Phi) is 8.84. The summed E-state index contributed by atoms with van der Waals surface area (Å²) < 4.78 is 0. The van der Waals surface area contributed by atoms with Gasteiger partial charge in [0.25, 0.3) is 0 Å². The summed E-state index contributed by atoms with van der Waals surface area (Å²) in [6.07, 6.45) is 9.43. The maximum absolute atomic E-state index is 14.1. The van der Waals surface area contributed by atoms with Crippen molar-refractivity contribution in [2.24, 2.45) is 0 Å². The number of H-pyrrole nitrogens is 1. The van der Waals surface area contributed by atoms with Crippen LogP contribution in [-0.2, 0) is 17.8 Å². The minimum absolute atomic E-state index is 0.00562. The van der Waals surface area contributed by atoms with Crippen LogP contribution in [0.4, 0.5) is 15.3 Å². The molecule has 0 spiro atoms. The molecule has 11 nitrogen and oxygen atoms in total. The third-order valence-corrected chi connectivity index (χ3v) is 10.6. The number of aromatic nitrogens is 2. The molecule has 0 saturated carbocycles. The van der Waals surface area contributed by atoms with E-state index in [0.29, 0.717) is 44.9 Å². The van der Waals surface area contributed by atoms with E-state index in [4.69, 9.17) is 0 Å². The Morgan fingerprint density at radius 3 is 2.43 bits per heavy atom. The van der Waals surface area contributed by atoms with Crippen LogP contribution in [0.1, 0.15) is 61.6 Å². The van der Waals surface area contributed by atoms with Gasteiger partial charge >= 0.3 is 12.1 Å². The van der Waals surface area contributed by atoms with Crippen LogP contribution in [0.25, 0.3) is 10.9 Å². The van der Waals surface area contributed by atoms with Gasteiger partial charge in [0.15, 0.2) is 0 Å². The van der Waals surface area contributed by atoms with Crippen molar-refractivity contribution < 1.29 is 14.4 Å². The summed E-state index contributed by atoms with van der Waals surface area (Å²) in [5, 5.41) is 14.4. The Bertz CT molecular complexity index is 1570. The molecule has 4 aliphatic rings. The number of benzene rings is 2. The average molecular weight is 627 g/mol. The molecular formula is C35H46N8O3. The number of aryl methyl sites for hydroxylation is 1. The number of urea groups is 2. The first-order chi connectivity index (χ1) is 22.4. The Labute approximate surface area is 270 Å². The number of amides is 5. The SMILES string of the molecule is Cc1cc(CC(NC(=O)N2CCC(N3Cc4ccccc4NC3=O)CC2)C(=O)N2CCC(N3CCCCC3)CC2)cc2cn[nH]c12. The molecule has 11 heteroatoms. The number of carbonyl (C=O) groups is 3. The van der Waals surface area contributed by atoms with Crippen LogP contribution in [0.3, 0.4) is 0 Å². The number of carbonyl (C=O) groups excluding carboxylic acids is 3. The van der Waals surface area contributed by atoms with Gasteiger partial charge in [-0.2, -0.15) is 5.10 Å². The summed E-state index contributed by atoms with van der Waals surface area (Å²) in [6.45, 7) is 7.45. The fourth-order valence-electron chi connectivity index (χ4n) is 7.96. The summed E-state index contributed by atoms with van der Waals surface area (Å²) in [5.74, 6) is -0.00562. The Morgan fingerprint density at radius 1 is 0.935 bits per heavy atom. The van der Waals surface area contributed by atoms with Gasteiger partial charge in [-0.25, -0.2) is 9.59 Å². The number of para-hydroxylation sites is 1. The summed E-state index contributed by atoms with van der Waals surface area (Å²) in [4.78, 5) is 49.0. The molecule has 3 fully saturated rings. The van der Waals surface area contributed by atoms with Gasteiger partial charge in [0.1, 0.15) is 6.04 Å².